The number of likely N-dealkylation sites (tertiary alicyclic amines) is 1. The predicted molar refractivity (Wildman–Crippen MR) is 156 cm³/mol. The molecule has 2 N–H and O–H groups in total. The summed E-state index contributed by atoms with van der Waals surface area (Å²) in [7, 11) is 1.64. The van der Waals surface area contributed by atoms with Crippen molar-refractivity contribution < 1.29 is 24.5 Å². The van der Waals surface area contributed by atoms with Gasteiger partial charge in [0.05, 0.1) is 17.7 Å². The van der Waals surface area contributed by atoms with Gasteiger partial charge < -0.3 is 29.6 Å². The number of phenolic OH excluding ortho intramolecular Hbond substituents is 2. The number of nitrogens with zero attached hydrogens (tertiary/aromatic N) is 3. The Hall–Kier alpha value is -3.78. The molecule has 2 aromatic carbocycles. The Kier molecular flexibility index (Phi) is 9.53. The van der Waals surface area contributed by atoms with E-state index in [0.29, 0.717) is 26.2 Å². The van der Waals surface area contributed by atoms with Crippen LogP contribution in [0.3, 0.4) is 0 Å². The highest BCUT2D eigenvalue weighted by Crippen LogP contribution is 2.33. The van der Waals surface area contributed by atoms with E-state index in [1.807, 2.05) is 51.1 Å². The van der Waals surface area contributed by atoms with Crippen molar-refractivity contribution in [1.29, 1.82) is 0 Å². The number of hydrogen-bond donors (Lipinski definition) is 2. The van der Waals surface area contributed by atoms with Crippen LogP contribution in [0.1, 0.15) is 71.9 Å². The van der Waals surface area contributed by atoms with Crippen LogP contribution in [0.2, 0.25) is 0 Å². The topological polar surface area (TPSA) is 93.6 Å². The van der Waals surface area contributed by atoms with Crippen LogP contribution >= 0.6 is 0 Å². The monoisotopic (exact) mass is 547 g/mol. The van der Waals surface area contributed by atoms with Crippen molar-refractivity contribution in [3.8, 4) is 17.2 Å². The Morgan fingerprint density at radius 2 is 1.65 bits per heavy atom. The van der Waals surface area contributed by atoms with Crippen LogP contribution in [0, 0.1) is 0 Å². The zero-order chi connectivity index (χ0) is 28.8. The normalized spacial score (nSPS) is 15.2. The van der Waals surface area contributed by atoms with Crippen molar-refractivity contribution in [3.63, 3.8) is 0 Å². The van der Waals surface area contributed by atoms with Crippen LogP contribution in [0.5, 0.6) is 17.2 Å². The minimum absolute atomic E-state index is 0.0162. The summed E-state index contributed by atoms with van der Waals surface area (Å²) >= 11 is 0. The molecule has 4 rings (SSSR count). The molecule has 214 valence electrons. The molecule has 8 nitrogen and oxygen atoms in total. The summed E-state index contributed by atoms with van der Waals surface area (Å²) in [4.78, 5) is 32.2. The van der Waals surface area contributed by atoms with E-state index in [1.165, 1.54) is 36.9 Å². The summed E-state index contributed by atoms with van der Waals surface area (Å²) in [5, 5.41) is 21.0. The number of allylic oxidation sites excluding steroid dienone is 3. The van der Waals surface area contributed by atoms with Gasteiger partial charge in [-0.1, -0.05) is 29.4 Å². The van der Waals surface area contributed by atoms with Gasteiger partial charge in [0, 0.05) is 39.3 Å². The Morgan fingerprint density at radius 1 is 0.950 bits per heavy atom. The number of aromatic hydroxyl groups is 2. The van der Waals surface area contributed by atoms with Gasteiger partial charge in [-0.05, 0) is 82.4 Å². The molecule has 2 aliphatic heterocycles. The zero-order valence-electron chi connectivity index (χ0n) is 24.1. The largest absolute Gasteiger partial charge is 0.507 e. The van der Waals surface area contributed by atoms with E-state index in [4.69, 9.17) is 4.74 Å². The van der Waals surface area contributed by atoms with Crippen LogP contribution in [-0.4, -0.2) is 76.6 Å². The van der Waals surface area contributed by atoms with Crippen LogP contribution in [0.4, 0.5) is 0 Å². The fraction of sp³-hybridized carbons (Fsp3) is 0.438. The van der Waals surface area contributed by atoms with E-state index in [-0.39, 0.29) is 22.6 Å². The molecular weight excluding hydrogens is 506 g/mol. The molecule has 0 atom stereocenters. The van der Waals surface area contributed by atoms with Gasteiger partial charge in [-0.15, -0.1) is 0 Å². The molecule has 2 aromatic rings. The van der Waals surface area contributed by atoms with Gasteiger partial charge in [0.15, 0.2) is 0 Å². The third-order valence-corrected chi connectivity index (χ3v) is 7.38. The highest BCUT2D eigenvalue weighted by Gasteiger charge is 2.29. The third-order valence-electron chi connectivity index (χ3n) is 7.38. The van der Waals surface area contributed by atoms with Crippen molar-refractivity contribution in [2.75, 3.05) is 39.8 Å². The van der Waals surface area contributed by atoms with Gasteiger partial charge in [-0.2, -0.15) is 0 Å². The lowest BCUT2D eigenvalue weighted by Gasteiger charge is -2.20. The van der Waals surface area contributed by atoms with Gasteiger partial charge >= 0.3 is 0 Å². The molecule has 40 heavy (non-hydrogen) atoms. The Bertz CT molecular complexity index is 1310. The van der Waals surface area contributed by atoms with Gasteiger partial charge in [0.1, 0.15) is 17.2 Å². The molecule has 1 saturated heterocycles. The van der Waals surface area contributed by atoms with Crippen molar-refractivity contribution in [1.82, 2.24) is 14.7 Å². The van der Waals surface area contributed by atoms with Crippen LogP contribution in [0.25, 0.3) is 0 Å². The minimum Gasteiger partial charge on any atom is -0.507 e. The van der Waals surface area contributed by atoms with Crippen molar-refractivity contribution in [2.45, 2.75) is 53.1 Å². The number of ether oxygens (including phenoxy) is 1. The molecule has 2 aliphatic rings. The standard InChI is InChI=1S/C32H41N3O5/c1-22(2)8-9-23(3)19-33(4)31(38)27-17-28(30(37)18-29(27)36)32(39)35-20-24-10-11-26(16-25(24)21-35)40-15-7-14-34-12-5-6-13-34/h8-11,16-18,36-37H,5-7,12-15,19-21H2,1-4H3/b23-9+. The zero-order valence-corrected chi connectivity index (χ0v) is 24.1. The second-order valence-electron chi connectivity index (χ2n) is 11.1. The highest BCUT2D eigenvalue weighted by atomic mass is 16.5. The maximum atomic E-state index is 13.4. The van der Waals surface area contributed by atoms with Crippen molar-refractivity contribution in [2.24, 2.45) is 0 Å². The predicted octanol–water partition coefficient (Wildman–Crippen LogP) is 5.10. The van der Waals surface area contributed by atoms with Crippen molar-refractivity contribution >= 4 is 11.8 Å². The first-order chi connectivity index (χ1) is 19.1. The first-order valence-electron chi connectivity index (χ1n) is 14.0. The van der Waals surface area contributed by atoms with Gasteiger partial charge in [0.25, 0.3) is 11.8 Å². The van der Waals surface area contributed by atoms with E-state index in [1.54, 1.807) is 11.9 Å². The first-order valence-corrected chi connectivity index (χ1v) is 14.0. The van der Waals surface area contributed by atoms with E-state index in [2.05, 4.69) is 4.90 Å². The molecule has 0 unspecified atom stereocenters. The molecule has 0 aliphatic carbocycles. The average molecular weight is 548 g/mol. The number of carbonyl (C=O) groups is 2. The SMILES string of the molecule is CC(C)=C/C=C(\C)CN(C)C(=O)c1cc(C(=O)N2Cc3ccc(OCCCN4CCCC4)cc3C2)c(O)cc1O. The molecule has 0 spiro atoms. The number of phenols is 2. The summed E-state index contributed by atoms with van der Waals surface area (Å²) in [6.45, 7) is 11.1. The number of carbonyl (C=O) groups excluding carboxylic acids is 2. The Balaban J connectivity index is 1.40. The first kappa shape index (κ1) is 29.2. The second-order valence-corrected chi connectivity index (χ2v) is 11.1. The lowest BCUT2D eigenvalue weighted by Crippen LogP contribution is -2.29. The highest BCUT2D eigenvalue weighted by molar-refractivity contribution is 6.03. The van der Waals surface area contributed by atoms with E-state index in [0.717, 1.165) is 47.1 Å². The van der Waals surface area contributed by atoms with Gasteiger partial charge in [0.2, 0.25) is 0 Å². The molecule has 0 saturated carbocycles. The lowest BCUT2D eigenvalue weighted by atomic mass is 10.1. The van der Waals surface area contributed by atoms with E-state index >= 15 is 0 Å². The molecule has 1 fully saturated rings. The fourth-order valence-corrected chi connectivity index (χ4v) is 5.19. The lowest BCUT2D eigenvalue weighted by molar-refractivity contribution is 0.0748. The number of benzene rings is 2. The third kappa shape index (κ3) is 7.24. The number of rotatable bonds is 10. The van der Waals surface area contributed by atoms with Crippen LogP contribution < -0.4 is 4.74 Å². The summed E-state index contributed by atoms with van der Waals surface area (Å²) in [5.41, 5.74) is 4.09. The number of likely N-dealkylation sites (N-methyl/N-ethyl adjacent to an activating group) is 1. The quantitative estimate of drug-likeness (QED) is 0.318. The number of hydrogen-bond acceptors (Lipinski definition) is 6. The van der Waals surface area contributed by atoms with E-state index in [9.17, 15) is 19.8 Å². The Labute approximate surface area is 237 Å². The fourth-order valence-electron chi connectivity index (χ4n) is 5.19. The molecule has 0 bridgehead atoms. The molecule has 2 heterocycles. The summed E-state index contributed by atoms with van der Waals surface area (Å²) in [6.07, 6.45) is 7.46. The average Bonchev–Trinajstić information content (AvgIpc) is 3.59. The number of fused-ring (bicyclic) bond motifs is 1. The summed E-state index contributed by atoms with van der Waals surface area (Å²) in [5.74, 6) is -0.787. The molecule has 8 heteroatoms. The smallest absolute Gasteiger partial charge is 0.258 e. The molecule has 0 radical (unpaired) electrons. The summed E-state index contributed by atoms with van der Waals surface area (Å²) < 4.78 is 5.98. The van der Waals surface area contributed by atoms with Crippen molar-refractivity contribution in [3.05, 3.63) is 75.9 Å². The van der Waals surface area contributed by atoms with Crippen LogP contribution in [0.15, 0.2) is 53.6 Å². The maximum absolute atomic E-state index is 13.4. The molecular formula is C32H41N3O5. The van der Waals surface area contributed by atoms with Crippen LogP contribution in [-0.2, 0) is 13.1 Å². The van der Waals surface area contributed by atoms with Gasteiger partial charge in [-0.3, -0.25) is 9.59 Å². The Morgan fingerprint density at radius 3 is 2.38 bits per heavy atom. The maximum Gasteiger partial charge on any atom is 0.258 e. The second kappa shape index (κ2) is 13.0. The van der Waals surface area contributed by atoms with E-state index < -0.39 is 11.8 Å². The van der Waals surface area contributed by atoms with Gasteiger partial charge in [-0.25, -0.2) is 0 Å². The minimum atomic E-state index is -0.437. The number of amides is 2. The molecule has 2 amide bonds. The summed E-state index contributed by atoms with van der Waals surface area (Å²) in [6, 6.07) is 8.24. The molecule has 0 aromatic heterocycles.